The second-order valence-corrected chi connectivity index (χ2v) is 7.09. The van der Waals surface area contributed by atoms with Gasteiger partial charge in [0.2, 0.25) is 5.88 Å². The highest BCUT2D eigenvalue weighted by atomic mass is 16.5. The van der Waals surface area contributed by atoms with Gasteiger partial charge in [-0.25, -0.2) is 9.78 Å². The number of ether oxygens (including phenoxy) is 1. The molecule has 1 atom stereocenters. The molecule has 0 unspecified atom stereocenters. The van der Waals surface area contributed by atoms with Crippen LogP contribution in [0.3, 0.4) is 0 Å². The lowest BCUT2D eigenvalue weighted by Gasteiger charge is -2.30. The summed E-state index contributed by atoms with van der Waals surface area (Å²) < 4.78 is 5.13. The van der Waals surface area contributed by atoms with Gasteiger partial charge in [-0.1, -0.05) is 32.1 Å². The van der Waals surface area contributed by atoms with Crippen molar-refractivity contribution in [3.05, 3.63) is 23.9 Å². The number of hydrogen-bond donors (Lipinski definition) is 1. The van der Waals surface area contributed by atoms with Crippen LogP contribution in [-0.4, -0.2) is 35.6 Å². The summed E-state index contributed by atoms with van der Waals surface area (Å²) in [5, 5.41) is 3.06. The molecule has 1 aliphatic heterocycles. The molecular weight excluding hydrogens is 302 g/mol. The van der Waals surface area contributed by atoms with Crippen LogP contribution in [0.1, 0.15) is 56.9 Å². The zero-order valence-corrected chi connectivity index (χ0v) is 14.7. The maximum Gasteiger partial charge on any atom is 0.317 e. The van der Waals surface area contributed by atoms with E-state index in [1.54, 1.807) is 13.3 Å². The van der Waals surface area contributed by atoms with Crippen molar-refractivity contribution in [1.29, 1.82) is 0 Å². The molecule has 0 aromatic carbocycles. The number of amides is 2. The normalized spacial score (nSPS) is 21.7. The summed E-state index contributed by atoms with van der Waals surface area (Å²) in [6.07, 6.45) is 12.0. The van der Waals surface area contributed by atoms with E-state index in [4.69, 9.17) is 4.74 Å². The fraction of sp³-hybridized carbons (Fsp3) is 0.684. The van der Waals surface area contributed by atoms with Crippen LogP contribution in [0.15, 0.2) is 18.3 Å². The first-order chi connectivity index (χ1) is 11.8. The third kappa shape index (κ3) is 4.40. The van der Waals surface area contributed by atoms with Crippen LogP contribution in [0.4, 0.5) is 4.79 Å². The molecule has 1 aromatic heterocycles. The van der Waals surface area contributed by atoms with E-state index < -0.39 is 0 Å². The lowest BCUT2D eigenvalue weighted by Crippen LogP contribution is -2.43. The van der Waals surface area contributed by atoms with Crippen LogP contribution in [0.2, 0.25) is 0 Å². The number of likely N-dealkylation sites (tertiary alicyclic amines) is 1. The van der Waals surface area contributed by atoms with E-state index in [0.29, 0.717) is 18.5 Å². The maximum atomic E-state index is 12.6. The SMILES string of the molecule is COc1cc(CNC(=O)N2CCC[C@@H]2CC2CCCCC2)ccn1. The molecule has 2 fully saturated rings. The van der Waals surface area contributed by atoms with Crippen molar-refractivity contribution < 1.29 is 9.53 Å². The van der Waals surface area contributed by atoms with Gasteiger partial charge in [-0.05, 0) is 36.8 Å². The van der Waals surface area contributed by atoms with Crippen LogP contribution in [0.5, 0.6) is 5.88 Å². The first-order valence-electron chi connectivity index (χ1n) is 9.29. The Kier molecular flexibility index (Phi) is 5.94. The van der Waals surface area contributed by atoms with E-state index in [1.165, 1.54) is 38.5 Å². The zero-order valence-electron chi connectivity index (χ0n) is 14.7. The first-order valence-corrected chi connectivity index (χ1v) is 9.29. The molecule has 2 aliphatic rings. The van der Waals surface area contributed by atoms with Crippen LogP contribution in [0, 0.1) is 5.92 Å². The molecule has 0 radical (unpaired) electrons. The van der Waals surface area contributed by atoms with Crippen molar-refractivity contribution in [1.82, 2.24) is 15.2 Å². The largest absolute Gasteiger partial charge is 0.481 e. The van der Waals surface area contributed by atoms with Gasteiger partial charge in [0.15, 0.2) is 0 Å². The molecule has 5 heteroatoms. The third-order valence-corrected chi connectivity index (χ3v) is 5.42. The van der Waals surface area contributed by atoms with Crippen LogP contribution < -0.4 is 10.1 Å². The highest BCUT2D eigenvalue weighted by Crippen LogP contribution is 2.32. The van der Waals surface area contributed by atoms with E-state index in [-0.39, 0.29) is 6.03 Å². The Morgan fingerprint density at radius 1 is 1.29 bits per heavy atom. The number of methoxy groups -OCH3 is 1. The second kappa shape index (κ2) is 8.36. The molecule has 2 heterocycles. The van der Waals surface area contributed by atoms with Gasteiger partial charge in [-0.2, -0.15) is 0 Å². The Hall–Kier alpha value is -1.78. The van der Waals surface area contributed by atoms with Crippen molar-refractivity contribution in [3.63, 3.8) is 0 Å². The number of urea groups is 1. The molecule has 2 amide bonds. The molecule has 1 aliphatic carbocycles. The third-order valence-electron chi connectivity index (χ3n) is 5.42. The number of carbonyl (C=O) groups is 1. The number of nitrogens with zero attached hydrogens (tertiary/aromatic N) is 2. The summed E-state index contributed by atoms with van der Waals surface area (Å²) in [6, 6.07) is 4.28. The summed E-state index contributed by atoms with van der Waals surface area (Å²) in [7, 11) is 1.60. The van der Waals surface area contributed by atoms with Gasteiger partial charge in [0, 0.05) is 31.4 Å². The Labute approximate surface area is 144 Å². The predicted molar refractivity (Wildman–Crippen MR) is 93.9 cm³/mol. The molecule has 24 heavy (non-hydrogen) atoms. The van der Waals surface area contributed by atoms with Crippen molar-refractivity contribution in [3.8, 4) is 5.88 Å². The van der Waals surface area contributed by atoms with Crippen molar-refractivity contribution in [2.75, 3.05) is 13.7 Å². The lowest BCUT2D eigenvalue weighted by molar-refractivity contribution is 0.177. The minimum Gasteiger partial charge on any atom is -0.481 e. The molecule has 1 N–H and O–H groups in total. The van der Waals surface area contributed by atoms with E-state index >= 15 is 0 Å². The van der Waals surface area contributed by atoms with Gasteiger partial charge in [-0.3, -0.25) is 0 Å². The zero-order chi connectivity index (χ0) is 16.8. The molecule has 0 spiro atoms. The number of nitrogens with one attached hydrogen (secondary N) is 1. The summed E-state index contributed by atoms with van der Waals surface area (Å²) in [5.74, 6) is 1.40. The van der Waals surface area contributed by atoms with Crippen LogP contribution in [0.25, 0.3) is 0 Å². The Balaban J connectivity index is 1.51. The monoisotopic (exact) mass is 331 g/mol. The summed E-state index contributed by atoms with van der Waals surface area (Å²) in [6.45, 7) is 1.41. The summed E-state index contributed by atoms with van der Waals surface area (Å²) >= 11 is 0. The Morgan fingerprint density at radius 2 is 2.12 bits per heavy atom. The number of rotatable bonds is 5. The van der Waals surface area contributed by atoms with Gasteiger partial charge >= 0.3 is 6.03 Å². The number of pyridine rings is 1. The Morgan fingerprint density at radius 3 is 2.92 bits per heavy atom. The highest BCUT2D eigenvalue weighted by molar-refractivity contribution is 5.74. The van der Waals surface area contributed by atoms with Gasteiger partial charge in [0.05, 0.1) is 7.11 Å². The van der Waals surface area contributed by atoms with E-state index in [1.807, 2.05) is 12.1 Å². The van der Waals surface area contributed by atoms with E-state index in [2.05, 4.69) is 15.2 Å². The van der Waals surface area contributed by atoms with E-state index in [0.717, 1.165) is 30.9 Å². The number of hydrogen-bond acceptors (Lipinski definition) is 3. The number of aromatic nitrogens is 1. The number of carbonyl (C=O) groups excluding carboxylic acids is 1. The van der Waals surface area contributed by atoms with Gasteiger partial charge < -0.3 is 15.0 Å². The van der Waals surface area contributed by atoms with Gasteiger partial charge in [0.1, 0.15) is 0 Å². The topological polar surface area (TPSA) is 54.5 Å². The van der Waals surface area contributed by atoms with Crippen molar-refractivity contribution in [2.45, 2.75) is 64.0 Å². The van der Waals surface area contributed by atoms with Gasteiger partial charge in [0.25, 0.3) is 0 Å². The highest BCUT2D eigenvalue weighted by Gasteiger charge is 2.30. The van der Waals surface area contributed by atoms with Crippen molar-refractivity contribution in [2.24, 2.45) is 5.92 Å². The quantitative estimate of drug-likeness (QED) is 0.894. The second-order valence-electron chi connectivity index (χ2n) is 7.09. The maximum absolute atomic E-state index is 12.6. The molecule has 0 bridgehead atoms. The summed E-state index contributed by atoms with van der Waals surface area (Å²) in [5.41, 5.74) is 1.01. The predicted octanol–water partition coefficient (Wildman–Crippen LogP) is 3.73. The average Bonchev–Trinajstić information content (AvgIpc) is 3.09. The molecule has 1 saturated carbocycles. The standard InChI is InChI=1S/C19H29N3O2/c1-24-18-13-16(9-10-20-18)14-21-19(23)22-11-5-8-17(22)12-15-6-3-2-4-7-15/h9-10,13,15,17H,2-8,11-12,14H2,1H3,(H,21,23)/t17-/m1/s1. The molecule has 132 valence electrons. The minimum atomic E-state index is 0.0732. The lowest BCUT2D eigenvalue weighted by atomic mass is 9.84. The van der Waals surface area contributed by atoms with Crippen LogP contribution >= 0.6 is 0 Å². The molecular formula is C19H29N3O2. The molecule has 1 saturated heterocycles. The average molecular weight is 331 g/mol. The molecule has 5 nitrogen and oxygen atoms in total. The molecule has 3 rings (SSSR count). The Bertz CT molecular complexity index is 543. The first kappa shape index (κ1) is 17.1. The smallest absolute Gasteiger partial charge is 0.317 e. The van der Waals surface area contributed by atoms with Crippen molar-refractivity contribution >= 4 is 6.03 Å². The fourth-order valence-electron chi connectivity index (χ4n) is 4.11. The summed E-state index contributed by atoms with van der Waals surface area (Å²) in [4.78, 5) is 18.7. The fourth-order valence-corrected chi connectivity index (χ4v) is 4.11. The van der Waals surface area contributed by atoms with Gasteiger partial charge in [-0.15, -0.1) is 0 Å². The minimum absolute atomic E-state index is 0.0732. The van der Waals surface area contributed by atoms with Crippen LogP contribution in [-0.2, 0) is 6.54 Å². The van der Waals surface area contributed by atoms with E-state index in [9.17, 15) is 4.79 Å². The molecule has 1 aromatic rings.